The SMILES string of the molecule is c1cncc(C(c2cccs2)N2CCNCC2)c1. The number of thiophene rings is 1. The van der Waals surface area contributed by atoms with Gasteiger partial charge in [-0.3, -0.25) is 9.88 Å². The van der Waals surface area contributed by atoms with Crippen molar-refractivity contribution in [3.63, 3.8) is 0 Å². The van der Waals surface area contributed by atoms with Crippen molar-refractivity contribution in [2.45, 2.75) is 6.04 Å². The smallest absolute Gasteiger partial charge is 0.0711 e. The van der Waals surface area contributed by atoms with Gasteiger partial charge in [-0.25, -0.2) is 0 Å². The van der Waals surface area contributed by atoms with Crippen molar-refractivity contribution in [1.29, 1.82) is 0 Å². The number of aromatic nitrogens is 1. The molecule has 0 radical (unpaired) electrons. The van der Waals surface area contributed by atoms with Gasteiger partial charge in [-0.1, -0.05) is 12.1 Å². The second-order valence-electron chi connectivity index (χ2n) is 4.49. The van der Waals surface area contributed by atoms with Crippen molar-refractivity contribution in [1.82, 2.24) is 15.2 Å². The number of hydrogen-bond acceptors (Lipinski definition) is 4. The molecule has 1 unspecified atom stereocenters. The Labute approximate surface area is 111 Å². The zero-order valence-corrected chi connectivity index (χ0v) is 11.1. The highest BCUT2D eigenvalue weighted by Crippen LogP contribution is 2.31. The fourth-order valence-corrected chi connectivity index (χ4v) is 3.37. The van der Waals surface area contributed by atoms with E-state index in [1.165, 1.54) is 10.4 Å². The number of rotatable bonds is 3. The Balaban J connectivity index is 1.93. The molecule has 1 fully saturated rings. The summed E-state index contributed by atoms with van der Waals surface area (Å²) < 4.78 is 0. The van der Waals surface area contributed by atoms with E-state index >= 15 is 0 Å². The van der Waals surface area contributed by atoms with Crippen molar-refractivity contribution in [2.75, 3.05) is 26.2 Å². The van der Waals surface area contributed by atoms with Crippen LogP contribution in [0.3, 0.4) is 0 Å². The van der Waals surface area contributed by atoms with Gasteiger partial charge in [0.2, 0.25) is 0 Å². The molecule has 1 saturated heterocycles. The minimum Gasteiger partial charge on any atom is -0.314 e. The molecule has 0 aromatic carbocycles. The number of nitrogens with zero attached hydrogens (tertiary/aromatic N) is 2. The van der Waals surface area contributed by atoms with Crippen molar-refractivity contribution in [2.24, 2.45) is 0 Å². The minimum atomic E-state index is 0.362. The van der Waals surface area contributed by atoms with Gasteiger partial charge in [-0.2, -0.15) is 0 Å². The number of piperazine rings is 1. The Kier molecular flexibility index (Phi) is 3.69. The summed E-state index contributed by atoms with van der Waals surface area (Å²) in [4.78, 5) is 8.22. The Hall–Kier alpha value is -1.23. The average molecular weight is 259 g/mol. The zero-order valence-electron chi connectivity index (χ0n) is 10.2. The standard InChI is InChI=1S/C14H17N3S/c1-3-12(11-16-5-1)14(13-4-2-10-18-13)17-8-6-15-7-9-17/h1-5,10-11,14-15H,6-9H2. The lowest BCUT2D eigenvalue weighted by Gasteiger charge is -2.34. The molecule has 3 rings (SSSR count). The molecule has 1 atom stereocenters. The Morgan fingerprint density at radius 3 is 2.78 bits per heavy atom. The van der Waals surface area contributed by atoms with Crippen LogP contribution in [-0.2, 0) is 0 Å². The van der Waals surface area contributed by atoms with E-state index < -0.39 is 0 Å². The predicted molar refractivity (Wildman–Crippen MR) is 74.8 cm³/mol. The summed E-state index contributed by atoms with van der Waals surface area (Å²) in [6, 6.07) is 8.92. The molecule has 0 aliphatic carbocycles. The van der Waals surface area contributed by atoms with Gasteiger partial charge in [0.25, 0.3) is 0 Å². The van der Waals surface area contributed by atoms with Crippen LogP contribution in [0.25, 0.3) is 0 Å². The van der Waals surface area contributed by atoms with Gasteiger partial charge in [0.05, 0.1) is 6.04 Å². The summed E-state index contributed by atoms with van der Waals surface area (Å²) in [5.74, 6) is 0. The van der Waals surface area contributed by atoms with Crippen LogP contribution < -0.4 is 5.32 Å². The maximum Gasteiger partial charge on any atom is 0.0711 e. The summed E-state index contributed by atoms with van der Waals surface area (Å²) in [6.07, 6.45) is 3.83. The lowest BCUT2D eigenvalue weighted by Crippen LogP contribution is -2.45. The van der Waals surface area contributed by atoms with E-state index in [9.17, 15) is 0 Å². The molecule has 1 N–H and O–H groups in total. The second-order valence-corrected chi connectivity index (χ2v) is 5.47. The van der Waals surface area contributed by atoms with Crippen LogP contribution in [0.4, 0.5) is 0 Å². The normalized spacial score (nSPS) is 18.7. The van der Waals surface area contributed by atoms with E-state index in [0.717, 1.165) is 26.2 Å². The Bertz CT molecular complexity index is 463. The van der Waals surface area contributed by atoms with Crippen molar-refractivity contribution in [3.05, 3.63) is 52.5 Å². The molecule has 0 saturated carbocycles. The lowest BCUT2D eigenvalue weighted by molar-refractivity contribution is 0.200. The number of hydrogen-bond donors (Lipinski definition) is 1. The lowest BCUT2D eigenvalue weighted by atomic mass is 10.0. The molecule has 18 heavy (non-hydrogen) atoms. The van der Waals surface area contributed by atoms with Crippen LogP contribution in [0.1, 0.15) is 16.5 Å². The van der Waals surface area contributed by atoms with Gasteiger partial charge in [-0.15, -0.1) is 11.3 Å². The molecule has 1 aliphatic rings. The molecule has 94 valence electrons. The van der Waals surface area contributed by atoms with Gasteiger partial charge in [0.15, 0.2) is 0 Å². The topological polar surface area (TPSA) is 28.2 Å². The first-order chi connectivity index (χ1) is 8.95. The molecule has 1 aliphatic heterocycles. The third-order valence-corrected chi connectivity index (χ3v) is 4.25. The molecule has 4 heteroatoms. The molecule has 0 amide bonds. The van der Waals surface area contributed by atoms with Crippen LogP contribution in [0.15, 0.2) is 42.0 Å². The average Bonchev–Trinajstić information content (AvgIpc) is 2.95. The highest BCUT2D eigenvalue weighted by molar-refractivity contribution is 7.10. The molecule has 2 aromatic rings. The maximum absolute atomic E-state index is 4.27. The van der Waals surface area contributed by atoms with Crippen LogP contribution in [0.5, 0.6) is 0 Å². The fraction of sp³-hybridized carbons (Fsp3) is 0.357. The molecule has 0 spiro atoms. The first-order valence-corrected chi connectivity index (χ1v) is 7.21. The van der Waals surface area contributed by atoms with Gasteiger partial charge in [0, 0.05) is 43.4 Å². The van der Waals surface area contributed by atoms with Crippen LogP contribution in [-0.4, -0.2) is 36.1 Å². The molecule has 2 aromatic heterocycles. The van der Waals surface area contributed by atoms with Crippen LogP contribution >= 0.6 is 11.3 Å². The van der Waals surface area contributed by atoms with Gasteiger partial charge in [-0.05, 0) is 23.1 Å². The van der Waals surface area contributed by atoms with Crippen molar-refractivity contribution < 1.29 is 0 Å². The quantitative estimate of drug-likeness (QED) is 0.915. The summed E-state index contributed by atoms with van der Waals surface area (Å²) in [5, 5.41) is 5.57. The summed E-state index contributed by atoms with van der Waals surface area (Å²) in [7, 11) is 0. The Morgan fingerprint density at radius 2 is 2.11 bits per heavy atom. The van der Waals surface area contributed by atoms with Gasteiger partial charge >= 0.3 is 0 Å². The van der Waals surface area contributed by atoms with Crippen LogP contribution in [0, 0.1) is 0 Å². The third kappa shape index (κ3) is 2.46. The first-order valence-electron chi connectivity index (χ1n) is 6.33. The largest absolute Gasteiger partial charge is 0.314 e. The fourth-order valence-electron chi connectivity index (χ4n) is 2.48. The van der Waals surface area contributed by atoms with Crippen molar-refractivity contribution >= 4 is 11.3 Å². The van der Waals surface area contributed by atoms with E-state index in [-0.39, 0.29) is 0 Å². The first kappa shape index (κ1) is 11.8. The van der Waals surface area contributed by atoms with E-state index in [2.05, 4.69) is 38.8 Å². The van der Waals surface area contributed by atoms with E-state index in [1.54, 1.807) is 0 Å². The highest BCUT2D eigenvalue weighted by atomic mass is 32.1. The molecule has 0 bridgehead atoms. The number of pyridine rings is 1. The maximum atomic E-state index is 4.27. The zero-order chi connectivity index (χ0) is 12.2. The van der Waals surface area contributed by atoms with E-state index in [1.807, 2.05) is 29.8 Å². The van der Waals surface area contributed by atoms with Crippen molar-refractivity contribution in [3.8, 4) is 0 Å². The molecule has 3 nitrogen and oxygen atoms in total. The second kappa shape index (κ2) is 5.61. The van der Waals surface area contributed by atoms with E-state index in [0.29, 0.717) is 6.04 Å². The predicted octanol–water partition coefficient (Wildman–Crippen LogP) is 2.14. The molecule has 3 heterocycles. The number of nitrogens with one attached hydrogen (secondary N) is 1. The van der Waals surface area contributed by atoms with Gasteiger partial charge < -0.3 is 5.32 Å². The monoisotopic (exact) mass is 259 g/mol. The minimum absolute atomic E-state index is 0.362. The van der Waals surface area contributed by atoms with Crippen LogP contribution in [0.2, 0.25) is 0 Å². The molecular weight excluding hydrogens is 242 g/mol. The summed E-state index contributed by atoms with van der Waals surface area (Å²) in [6.45, 7) is 4.33. The van der Waals surface area contributed by atoms with E-state index in [4.69, 9.17) is 0 Å². The summed E-state index contributed by atoms with van der Waals surface area (Å²) in [5.41, 5.74) is 1.29. The molecular formula is C14H17N3S. The summed E-state index contributed by atoms with van der Waals surface area (Å²) >= 11 is 1.83. The van der Waals surface area contributed by atoms with Gasteiger partial charge in [0.1, 0.15) is 0 Å². The third-order valence-electron chi connectivity index (χ3n) is 3.33. The Morgan fingerprint density at radius 1 is 1.22 bits per heavy atom. The highest BCUT2D eigenvalue weighted by Gasteiger charge is 2.24.